The van der Waals surface area contributed by atoms with Crippen molar-refractivity contribution >= 4 is 11.8 Å². The van der Waals surface area contributed by atoms with E-state index in [1.54, 1.807) is 11.8 Å². The zero-order valence-electron chi connectivity index (χ0n) is 9.08. The Morgan fingerprint density at radius 1 is 1.53 bits per heavy atom. The van der Waals surface area contributed by atoms with Crippen LogP contribution in [0.4, 0.5) is 0 Å². The lowest BCUT2D eigenvalue weighted by atomic mass is 9.95. The highest BCUT2D eigenvalue weighted by Gasteiger charge is 2.45. The van der Waals surface area contributed by atoms with Gasteiger partial charge >= 0.3 is 0 Å². The van der Waals surface area contributed by atoms with Gasteiger partial charge in [-0.25, -0.2) is 0 Å². The molecule has 84 valence electrons. The molecule has 1 N–H and O–H groups in total. The topological polar surface area (TPSA) is 58.6 Å². The summed E-state index contributed by atoms with van der Waals surface area (Å²) in [6.07, 6.45) is 0.802. The first-order valence-electron chi connectivity index (χ1n) is 5.22. The molecule has 15 heavy (non-hydrogen) atoms. The summed E-state index contributed by atoms with van der Waals surface area (Å²) in [5.41, 5.74) is -0.311. The van der Waals surface area contributed by atoms with Gasteiger partial charge in [0.2, 0.25) is 11.8 Å². The van der Waals surface area contributed by atoms with Crippen molar-refractivity contribution in [3.05, 3.63) is 0 Å². The Hall–Kier alpha value is -1.10. The molecule has 2 aliphatic rings. The maximum atomic E-state index is 11.8. The summed E-state index contributed by atoms with van der Waals surface area (Å²) >= 11 is 0. The molecule has 2 rings (SSSR count). The second kappa shape index (κ2) is 3.48. The number of rotatable bonds is 1. The van der Waals surface area contributed by atoms with Crippen molar-refractivity contribution in [2.45, 2.75) is 31.8 Å². The molecule has 2 amide bonds. The quantitative estimate of drug-likeness (QED) is 0.638. The predicted octanol–water partition coefficient (Wildman–Crippen LogP) is -0.488. The molecule has 0 spiro atoms. The second-order valence-electron chi connectivity index (χ2n) is 4.46. The number of carbonyl (C=O) groups is 2. The Bertz CT molecular complexity index is 297. The molecular formula is C10H16N2O3. The highest BCUT2D eigenvalue weighted by atomic mass is 16.5. The van der Waals surface area contributed by atoms with E-state index >= 15 is 0 Å². The highest BCUT2D eigenvalue weighted by Crippen LogP contribution is 2.28. The van der Waals surface area contributed by atoms with Crippen LogP contribution in [-0.2, 0) is 14.3 Å². The van der Waals surface area contributed by atoms with E-state index < -0.39 is 6.04 Å². The zero-order chi connectivity index (χ0) is 11.1. The fourth-order valence-corrected chi connectivity index (χ4v) is 2.34. The van der Waals surface area contributed by atoms with Crippen LogP contribution in [0.3, 0.4) is 0 Å². The standard InChI is InChI=1S/C10H16N2O3/c1-7-9(14)11-5-8(13)12(7)10(2)3-4-15-6-10/h7H,3-6H2,1-2H3,(H,11,14). The van der Waals surface area contributed by atoms with Crippen molar-refractivity contribution in [3.8, 4) is 0 Å². The van der Waals surface area contributed by atoms with Crippen LogP contribution in [0.1, 0.15) is 20.3 Å². The van der Waals surface area contributed by atoms with Crippen molar-refractivity contribution in [3.63, 3.8) is 0 Å². The number of ether oxygens (including phenoxy) is 1. The Balaban J connectivity index is 2.24. The van der Waals surface area contributed by atoms with Crippen LogP contribution >= 0.6 is 0 Å². The van der Waals surface area contributed by atoms with Gasteiger partial charge in [-0.15, -0.1) is 0 Å². The fraction of sp³-hybridized carbons (Fsp3) is 0.800. The molecule has 2 aliphatic heterocycles. The Morgan fingerprint density at radius 2 is 2.27 bits per heavy atom. The van der Waals surface area contributed by atoms with Crippen molar-refractivity contribution < 1.29 is 14.3 Å². The molecule has 2 heterocycles. The molecule has 0 aromatic rings. The van der Waals surface area contributed by atoms with Gasteiger partial charge in [0.25, 0.3) is 0 Å². The van der Waals surface area contributed by atoms with Gasteiger partial charge in [-0.2, -0.15) is 0 Å². The summed E-state index contributed by atoms with van der Waals surface area (Å²) in [7, 11) is 0. The third-order valence-corrected chi connectivity index (χ3v) is 3.23. The molecule has 0 bridgehead atoms. The fourth-order valence-electron chi connectivity index (χ4n) is 2.34. The first-order chi connectivity index (χ1) is 7.04. The Labute approximate surface area is 88.8 Å². The lowest BCUT2D eigenvalue weighted by Crippen LogP contribution is -2.64. The highest BCUT2D eigenvalue weighted by molar-refractivity contribution is 5.95. The zero-order valence-corrected chi connectivity index (χ0v) is 9.08. The molecule has 0 aliphatic carbocycles. The van der Waals surface area contributed by atoms with Crippen LogP contribution in [0, 0.1) is 0 Å². The molecule has 2 unspecified atom stereocenters. The van der Waals surface area contributed by atoms with E-state index in [9.17, 15) is 9.59 Å². The summed E-state index contributed by atoms with van der Waals surface area (Å²) in [4.78, 5) is 25.0. The summed E-state index contributed by atoms with van der Waals surface area (Å²) in [6.45, 7) is 5.03. The first-order valence-corrected chi connectivity index (χ1v) is 5.22. The Kier molecular flexibility index (Phi) is 2.42. The molecule has 2 fully saturated rings. The van der Waals surface area contributed by atoms with Crippen LogP contribution in [-0.4, -0.2) is 48.1 Å². The number of piperazine rings is 1. The minimum atomic E-state index is -0.391. The number of carbonyl (C=O) groups excluding carboxylic acids is 2. The monoisotopic (exact) mass is 212 g/mol. The van der Waals surface area contributed by atoms with E-state index in [0.717, 1.165) is 6.42 Å². The largest absolute Gasteiger partial charge is 0.379 e. The second-order valence-corrected chi connectivity index (χ2v) is 4.46. The first kappa shape index (κ1) is 10.4. The van der Waals surface area contributed by atoms with Gasteiger partial charge in [-0.05, 0) is 20.3 Å². The maximum absolute atomic E-state index is 11.8. The average Bonchev–Trinajstić information content (AvgIpc) is 2.60. The molecular weight excluding hydrogens is 196 g/mol. The van der Waals surface area contributed by atoms with Crippen molar-refractivity contribution in [1.29, 1.82) is 0 Å². The van der Waals surface area contributed by atoms with E-state index in [-0.39, 0.29) is 23.9 Å². The van der Waals surface area contributed by atoms with Gasteiger partial charge in [0, 0.05) is 6.61 Å². The van der Waals surface area contributed by atoms with Gasteiger partial charge in [-0.1, -0.05) is 0 Å². The number of hydrogen-bond donors (Lipinski definition) is 1. The molecule has 0 aromatic carbocycles. The Morgan fingerprint density at radius 3 is 2.87 bits per heavy atom. The molecule has 5 nitrogen and oxygen atoms in total. The van der Waals surface area contributed by atoms with Crippen molar-refractivity contribution in [2.75, 3.05) is 19.8 Å². The third kappa shape index (κ3) is 1.61. The molecule has 5 heteroatoms. The number of nitrogens with zero attached hydrogens (tertiary/aromatic N) is 1. The lowest BCUT2D eigenvalue weighted by molar-refractivity contribution is -0.151. The predicted molar refractivity (Wildman–Crippen MR) is 53.2 cm³/mol. The normalized spacial score (nSPS) is 36.9. The summed E-state index contributed by atoms with van der Waals surface area (Å²) < 4.78 is 5.32. The molecule has 0 radical (unpaired) electrons. The summed E-state index contributed by atoms with van der Waals surface area (Å²) in [6, 6.07) is -0.391. The third-order valence-electron chi connectivity index (χ3n) is 3.23. The van der Waals surface area contributed by atoms with Crippen LogP contribution in [0.25, 0.3) is 0 Å². The van der Waals surface area contributed by atoms with Crippen LogP contribution in [0.5, 0.6) is 0 Å². The molecule has 2 atom stereocenters. The van der Waals surface area contributed by atoms with Crippen molar-refractivity contribution in [2.24, 2.45) is 0 Å². The minimum Gasteiger partial charge on any atom is -0.379 e. The smallest absolute Gasteiger partial charge is 0.243 e. The molecule has 0 aromatic heterocycles. The van der Waals surface area contributed by atoms with Gasteiger partial charge in [0.1, 0.15) is 6.04 Å². The minimum absolute atomic E-state index is 0.0184. The number of amides is 2. The summed E-state index contributed by atoms with van der Waals surface area (Å²) in [5.74, 6) is -0.0992. The average molecular weight is 212 g/mol. The molecule has 2 saturated heterocycles. The van der Waals surface area contributed by atoms with Gasteiger partial charge in [0.15, 0.2) is 0 Å². The molecule has 0 saturated carbocycles. The van der Waals surface area contributed by atoms with Crippen LogP contribution < -0.4 is 5.32 Å². The summed E-state index contributed by atoms with van der Waals surface area (Å²) in [5, 5.41) is 2.58. The van der Waals surface area contributed by atoms with Crippen molar-refractivity contribution in [1.82, 2.24) is 10.2 Å². The van der Waals surface area contributed by atoms with E-state index in [2.05, 4.69) is 5.32 Å². The van der Waals surface area contributed by atoms with E-state index in [1.807, 2.05) is 6.92 Å². The van der Waals surface area contributed by atoms with Crippen LogP contribution in [0.15, 0.2) is 0 Å². The van der Waals surface area contributed by atoms with Crippen LogP contribution in [0.2, 0.25) is 0 Å². The SMILES string of the molecule is CC1C(=O)NCC(=O)N1C1(C)CCOC1. The lowest BCUT2D eigenvalue weighted by Gasteiger charge is -2.43. The van der Waals surface area contributed by atoms with E-state index in [0.29, 0.717) is 13.2 Å². The maximum Gasteiger partial charge on any atom is 0.243 e. The van der Waals surface area contributed by atoms with E-state index in [4.69, 9.17) is 4.74 Å². The van der Waals surface area contributed by atoms with Gasteiger partial charge < -0.3 is 15.0 Å². The number of nitrogens with one attached hydrogen (secondary N) is 1. The van der Waals surface area contributed by atoms with E-state index in [1.165, 1.54) is 0 Å². The van der Waals surface area contributed by atoms with Gasteiger partial charge in [-0.3, -0.25) is 9.59 Å². The number of hydrogen-bond acceptors (Lipinski definition) is 3. The van der Waals surface area contributed by atoms with Gasteiger partial charge in [0.05, 0.1) is 18.7 Å².